The Bertz CT molecular complexity index is 575. The average molecular weight is 336 g/mol. The molecule has 24 heavy (non-hydrogen) atoms. The summed E-state index contributed by atoms with van der Waals surface area (Å²) in [5.74, 6) is 0.209. The number of nitrogens with one attached hydrogen (secondary N) is 1. The van der Waals surface area contributed by atoms with Crippen molar-refractivity contribution in [1.82, 2.24) is 10.2 Å². The van der Waals surface area contributed by atoms with Crippen LogP contribution in [0.25, 0.3) is 0 Å². The van der Waals surface area contributed by atoms with E-state index in [4.69, 9.17) is 9.47 Å². The van der Waals surface area contributed by atoms with E-state index in [9.17, 15) is 9.18 Å². The van der Waals surface area contributed by atoms with Crippen LogP contribution in [-0.2, 0) is 20.8 Å². The number of hydrogen-bond donors (Lipinski definition) is 1. The van der Waals surface area contributed by atoms with Gasteiger partial charge in [-0.1, -0.05) is 18.2 Å². The number of nitrogens with zero attached hydrogens (tertiary/aromatic N) is 1. The highest BCUT2D eigenvalue weighted by atomic mass is 19.1. The van der Waals surface area contributed by atoms with Crippen molar-refractivity contribution in [2.75, 3.05) is 40.0 Å². The molecule has 1 atom stereocenters. The van der Waals surface area contributed by atoms with E-state index < -0.39 is 0 Å². The molecule has 2 aliphatic heterocycles. The van der Waals surface area contributed by atoms with Crippen molar-refractivity contribution in [3.8, 4) is 0 Å². The molecule has 0 aliphatic carbocycles. The van der Waals surface area contributed by atoms with E-state index in [1.165, 1.54) is 13.2 Å². The standard InChI is InChI=1S/C18H25FN2O3/c1-23-11-17(22)20-8-6-15-7-9-24-18(15)12-21(13-18)10-14-4-2-3-5-16(14)19/h2-5,15H,6-13H2,1H3,(H,20,22)/t15-/m0/s1. The van der Waals surface area contributed by atoms with E-state index in [0.29, 0.717) is 19.0 Å². The van der Waals surface area contributed by atoms with Gasteiger partial charge in [-0.25, -0.2) is 4.39 Å². The molecule has 132 valence electrons. The van der Waals surface area contributed by atoms with Crippen LogP contribution < -0.4 is 5.32 Å². The number of rotatable bonds is 7. The van der Waals surface area contributed by atoms with E-state index >= 15 is 0 Å². The number of carbonyl (C=O) groups excluding carboxylic acids is 1. The van der Waals surface area contributed by atoms with Gasteiger partial charge in [0.2, 0.25) is 5.91 Å². The van der Waals surface area contributed by atoms with Gasteiger partial charge < -0.3 is 14.8 Å². The number of amides is 1. The zero-order valence-corrected chi connectivity index (χ0v) is 14.1. The minimum atomic E-state index is -0.150. The summed E-state index contributed by atoms with van der Waals surface area (Å²) in [6.07, 6.45) is 1.93. The first-order valence-corrected chi connectivity index (χ1v) is 8.48. The molecule has 0 unspecified atom stereocenters. The lowest BCUT2D eigenvalue weighted by Crippen LogP contribution is -2.64. The molecule has 3 rings (SSSR count). The third-order valence-electron chi connectivity index (χ3n) is 5.02. The van der Waals surface area contributed by atoms with E-state index in [1.807, 2.05) is 12.1 Å². The topological polar surface area (TPSA) is 50.8 Å². The SMILES string of the molecule is COCC(=O)NCC[C@H]1CCOC12CN(Cc1ccccc1F)C2. The molecule has 2 heterocycles. The van der Waals surface area contributed by atoms with Crippen LogP contribution in [-0.4, -0.2) is 56.4 Å². The van der Waals surface area contributed by atoms with Crippen molar-refractivity contribution < 1.29 is 18.7 Å². The fourth-order valence-electron chi connectivity index (χ4n) is 3.80. The zero-order chi connectivity index (χ0) is 17.0. The molecule has 6 heteroatoms. The van der Waals surface area contributed by atoms with Crippen molar-refractivity contribution in [2.45, 2.75) is 25.0 Å². The summed E-state index contributed by atoms with van der Waals surface area (Å²) in [7, 11) is 1.51. The van der Waals surface area contributed by atoms with Crippen LogP contribution in [0.4, 0.5) is 4.39 Å². The van der Waals surface area contributed by atoms with Gasteiger partial charge >= 0.3 is 0 Å². The normalized spacial score (nSPS) is 22.5. The molecule has 0 saturated carbocycles. The minimum absolute atomic E-state index is 0.0831. The molecule has 1 aromatic carbocycles. The summed E-state index contributed by atoms with van der Waals surface area (Å²) in [4.78, 5) is 13.7. The van der Waals surface area contributed by atoms with Crippen molar-refractivity contribution in [1.29, 1.82) is 0 Å². The van der Waals surface area contributed by atoms with Gasteiger partial charge in [-0.2, -0.15) is 0 Å². The predicted octanol–water partition coefficient (Wildman–Crippen LogP) is 1.57. The molecule has 1 amide bonds. The molecule has 2 fully saturated rings. The third-order valence-corrected chi connectivity index (χ3v) is 5.02. The van der Waals surface area contributed by atoms with Crippen LogP contribution in [0.3, 0.4) is 0 Å². The maximum absolute atomic E-state index is 13.8. The van der Waals surface area contributed by atoms with Crippen LogP contribution in [0.2, 0.25) is 0 Å². The van der Waals surface area contributed by atoms with Gasteiger partial charge in [-0.05, 0) is 24.8 Å². The summed E-state index contributed by atoms with van der Waals surface area (Å²) < 4.78 is 24.6. The third kappa shape index (κ3) is 3.77. The molecule has 0 bridgehead atoms. The lowest BCUT2D eigenvalue weighted by Gasteiger charge is -2.50. The van der Waals surface area contributed by atoms with E-state index in [-0.39, 0.29) is 23.9 Å². The van der Waals surface area contributed by atoms with Crippen LogP contribution >= 0.6 is 0 Å². The van der Waals surface area contributed by atoms with Crippen LogP contribution in [0.1, 0.15) is 18.4 Å². The first-order chi connectivity index (χ1) is 11.6. The molecule has 2 saturated heterocycles. The number of halogens is 1. The largest absolute Gasteiger partial charge is 0.375 e. The summed E-state index contributed by atoms with van der Waals surface area (Å²) >= 11 is 0. The molecule has 1 N–H and O–H groups in total. The predicted molar refractivity (Wildman–Crippen MR) is 88.0 cm³/mol. The van der Waals surface area contributed by atoms with E-state index in [1.54, 1.807) is 6.07 Å². The molecule has 1 aromatic rings. The summed E-state index contributed by atoms with van der Waals surface area (Å²) in [6, 6.07) is 6.91. The van der Waals surface area contributed by atoms with Gasteiger partial charge in [0.05, 0.1) is 5.60 Å². The maximum Gasteiger partial charge on any atom is 0.245 e. The number of likely N-dealkylation sites (tertiary alicyclic amines) is 1. The van der Waals surface area contributed by atoms with Gasteiger partial charge in [-0.3, -0.25) is 9.69 Å². The second-order valence-electron chi connectivity index (χ2n) is 6.71. The smallest absolute Gasteiger partial charge is 0.245 e. The van der Waals surface area contributed by atoms with Crippen molar-refractivity contribution in [3.05, 3.63) is 35.6 Å². The van der Waals surface area contributed by atoms with Gasteiger partial charge in [0.25, 0.3) is 0 Å². The van der Waals surface area contributed by atoms with Crippen LogP contribution in [0, 0.1) is 11.7 Å². The van der Waals surface area contributed by atoms with Crippen LogP contribution in [0.15, 0.2) is 24.3 Å². The number of methoxy groups -OCH3 is 1. The van der Waals surface area contributed by atoms with Gasteiger partial charge in [0, 0.05) is 45.5 Å². The Morgan fingerprint density at radius 3 is 3.00 bits per heavy atom. The Morgan fingerprint density at radius 1 is 1.46 bits per heavy atom. The number of hydrogen-bond acceptors (Lipinski definition) is 4. The first-order valence-electron chi connectivity index (χ1n) is 8.48. The Hall–Kier alpha value is -1.50. The number of ether oxygens (including phenoxy) is 2. The Labute approximate surface area is 142 Å². The van der Waals surface area contributed by atoms with Crippen molar-refractivity contribution in [3.63, 3.8) is 0 Å². The number of benzene rings is 1. The average Bonchev–Trinajstić information content (AvgIpc) is 2.93. The second kappa shape index (κ2) is 7.59. The summed E-state index contributed by atoms with van der Waals surface area (Å²) in [5, 5.41) is 2.87. The molecule has 0 radical (unpaired) electrons. The molecular formula is C18H25FN2O3. The lowest BCUT2D eigenvalue weighted by molar-refractivity contribution is -0.137. The maximum atomic E-state index is 13.8. The van der Waals surface area contributed by atoms with E-state index in [0.717, 1.165) is 38.1 Å². The summed E-state index contributed by atoms with van der Waals surface area (Å²) in [6.45, 7) is 3.79. The lowest BCUT2D eigenvalue weighted by atomic mass is 9.78. The Balaban J connectivity index is 1.46. The van der Waals surface area contributed by atoms with Gasteiger partial charge in [-0.15, -0.1) is 0 Å². The monoisotopic (exact) mass is 336 g/mol. The Morgan fingerprint density at radius 2 is 2.25 bits per heavy atom. The quantitative estimate of drug-likeness (QED) is 0.821. The van der Waals surface area contributed by atoms with Crippen LogP contribution in [0.5, 0.6) is 0 Å². The number of carbonyl (C=O) groups is 1. The van der Waals surface area contributed by atoms with E-state index in [2.05, 4.69) is 10.2 Å². The summed E-state index contributed by atoms with van der Waals surface area (Å²) in [5.41, 5.74) is 0.616. The molecule has 5 nitrogen and oxygen atoms in total. The van der Waals surface area contributed by atoms with Crippen molar-refractivity contribution in [2.24, 2.45) is 5.92 Å². The fourth-order valence-corrected chi connectivity index (χ4v) is 3.80. The van der Waals surface area contributed by atoms with Gasteiger partial charge in [0.15, 0.2) is 0 Å². The van der Waals surface area contributed by atoms with Gasteiger partial charge in [0.1, 0.15) is 12.4 Å². The zero-order valence-electron chi connectivity index (χ0n) is 14.1. The molecular weight excluding hydrogens is 311 g/mol. The highest BCUT2D eigenvalue weighted by Gasteiger charge is 2.52. The molecule has 2 aliphatic rings. The first kappa shape index (κ1) is 17.3. The van der Waals surface area contributed by atoms with Crippen molar-refractivity contribution >= 4 is 5.91 Å². The highest BCUT2D eigenvalue weighted by molar-refractivity contribution is 5.77. The fraction of sp³-hybridized carbons (Fsp3) is 0.611. The highest BCUT2D eigenvalue weighted by Crippen LogP contribution is 2.42. The Kier molecular flexibility index (Phi) is 5.48. The molecule has 1 spiro atoms. The second-order valence-corrected chi connectivity index (χ2v) is 6.71. The minimum Gasteiger partial charge on any atom is -0.375 e. The molecule has 0 aromatic heterocycles.